The van der Waals surface area contributed by atoms with Crippen molar-refractivity contribution in [3.05, 3.63) is 48.2 Å². The molecular formula is C17H20N2O3S. The van der Waals surface area contributed by atoms with E-state index < -0.39 is 9.84 Å². The van der Waals surface area contributed by atoms with Gasteiger partial charge in [0.15, 0.2) is 0 Å². The Hall–Kier alpha value is -2.21. The summed E-state index contributed by atoms with van der Waals surface area (Å²) in [5.41, 5.74) is 1.67. The van der Waals surface area contributed by atoms with E-state index in [0.29, 0.717) is 0 Å². The van der Waals surface area contributed by atoms with Crippen LogP contribution in [0.4, 0.5) is 0 Å². The third kappa shape index (κ3) is 4.63. The number of carbonyl (C=O) groups is 1. The van der Waals surface area contributed by atoms with Gasteiger partial charge in [0.05, 0.1) is 11.3 Å². The molecule has 1 unspecified atom stereocenters. The number of benzene rings is 1. The molecule has 5 nitrogen and oxygen atoms in total. The number of hydrogen-bond donors (Lipinski definition) is 0. The average molecular weight is 332 g/mol. The van der Waals surface area contributed by atoms with E-state index >= 15 is 0 Å². The van der Waals surface area contributed by atoms with E-state index in [2.05, 4.69) is 4.98 Å². The van der Waals surface area contributed by atoms with Gasteiger partial charge in [-0.3, -0.25) is 9.78 Å². The molecule has 2 aromatic rings. The predicted octanol–water partition coefficient (Wildman–Crippen LogP) is 2.14. The molecule has 0 radical (unpaired) electrons. The van der Waals surface area contributed by atoms with Crippen LogP contribution < -0.4 is 0 Å². The minimum absolute atomic E-state index is 0.0566. The lowest BCUT2D eigenvalue weighted by Gasteiger charge is -2.22. The van der Waals surface area contributed by atoms with Gasteiger partial charge in [-0.05, 0) is 19.1 Å². The zero-order valence-electron chi connectivity index (χ0n) is 13.4. The molecule has 0 aliphatic heterocycles. The summed E-state index contributed by atoms with van der Waals surface area (Å²) in [6, 6.07) is 9.20. The van der Waals surface area contributed by atoms with Crippen LogP contribution >= 0.6 is 0 Å². The van der Waals surface area contributed by atoms with Crippen molar-refractivity contribution in [2.75, 3.05) is 19.1 Å². The molecular weight excluding hydrogens is 312 g/mol. The van der Waals surface area contributed by atoms with Crippen molar-refractivity contribution < 1.29 is 13.2 Å². The van der Waals surface area contributed by atoms with Crippen LogP contribution in [0.5, 0.6) is 0 Å². The Morgan fingerprint density at radius 2 is 2.00 bits per heavy atom. The van der Waals surface area contributed by atoms with Crippen LogP contribution in [0, 0.1) is 0 Å². The highest BCUT2D eigenvalue weighted by molar-refractivity contribution is 7.90. The van der Waals surface area contributed by atoms with Crippen molar-refractivity contribution in [2.24, 2.45) is 0 Å². The molecule has 122 valence electrons. The Morgan fingerprint density at radius 1 is 1.30 bits per heavy atom. The summed E-state index contributed by atoms with van der Waals surface area (Å²) < 4.78 is 22.7. The van der Waals surface area contributed by atoms with Crippen LogP contribution in [0.2, 0.25) is 0 Å². The van der Waals surface area contributed by atoms with Crippen molar-refractivity contribution in [1.82, 2.24) is 9.88 Å². The fraction of sp³-hybridized carbons (Fsp3) is 0.294. The first-order chi connectivity index (χ1) is 10.8. The molecule has 0 aliphatic carbocycles. The van der Waals surface area contributed by atoms with Gasteiger partial charge in [0.25, 0.3) is 0 Å². The van der Waals surface area contributed by atoms with Crippen molar-refractivity contribution in [1.29, 1.82) is 0 Å². The van der Waals surface area contributed by atoms with E-state index in [9.17, 15) is 13.2 Å². The molecule has 0 fully saturated rings. The lowest BCUT2D eigenvalue weighted by molar-refractivity contribution is -0.126. The van der Waals surface area contributed by atoms with Crippen LogP contribution in [-0.2, 0) is 14.6 Å². The van der Waals surface area contributed by atoms with E-state index in [-0.39, 0.29) is 17.7 Å². The van der Waals surface area contributed by atoms with Gasteiger partial charge in [-0.15, -0.1) is 0 Å². The summed E-state index contributed by atoms with van der Waals surface area (Å²) in [5, 5.41) is 1.00. The van der Waals surface area contributed by atoms with Gasteiger partial charge in [-0.2, -0.15) is 0 Å². The number of nitrogens with zero attached hydrogens (tertiary/aromatic N) is 2. The number of aromatic nitrogens is 1. The largest absolute Gasteiger partial charge is 0.338 e. The van der Waals surface area contributed by atoms with E-state index in [1.54, 1.807) is 26.2 Å². The topological polar surface area (TPSA) is 67.3 Å². The molecule has 0 spiro atoms. The van der Waals surface area contributed by atoms with Crippen molar-refractivity contribution >= 4 is 32.7 Å². The number of hydrogen-bond acceptors (Lipinski definition) is 4. The Kier molecular flexibility index (Phi) is 5.15. The molecule has 0 saturated carbocycles. The molecule has 6 heteroatoms. The maximum absolute atomic E-state index is 12.2. The number of para-hydroxylation sites is 1. The Balaban J connectivity index is 2.17. The molecule has 0 bridgehead atoms. The van der Waals surface area contributed by atoms with Gasteiger partial charge in [-0.1, -0.05) is 24.3 Å². The highest BCUT2D eigenvalue weighted by Crippen LogP contribution is 2.17. The second-order valence-electron chi connectivity index (χ2n) is 5.65. The first-order valence-electron chi connectivity index (χ1n) is 7.24. The lowest BCUT2D eigenvalue weighted by Crippen LogP contribution is -2.38. The highest BCUT2D eigenvalue weighted by Gasteiger charge is 2.18. The van der Waals surface area contributed by atoms with Crippen molar-refractivity contribution in [3.8, 4) is 0 Å². The average Bonchev–Trinajstić information content (AvgIpc) is 2.50. The number of fused-ring (bicyclic) bond motifs is 1. The molecule has 1 aromatic carbocycles. The Morgan fingerprint density at radius 3 is 2.70 bits per heavy atom. The van der Waals surface area contributed by atoms with Crippen molar-refractivity contribution in [2.45, 2.75) is 13.0 Å². The van der Waals surface area contributed by atoms with Crippen LogP contribution in [0.25, 0.3) is 17.0 Å². The van der Waals surface area contributed by atoms with Crippen LogP contribution in [0.15, 0.2) is 42.6 Å². The third-order valence-corrected chi connectivity index (χ3v) is 4.71. The van der Waals surface area contributed by atoms with E-state index in [0.717, 1.165) is 16.5 Å². The molecule has 23 heavy (non-hydrogen) atoms. The van der Waals surface area contributed by atoms with Gasteiger partial charge >= 0.3 is 0 Å². The normalized spacial score (nSPS) is 13.3. The summed E-state index contributed by atoms with van der Waals surface area (Å²) in [4.78, 5) is 18.0. The summed E-state index contributed by atoms with van der Waals surface area (Å²) in [7, 11) is -1.52. The quantitative estimate of drug-likeness (QED) is 0.787. The Labute approximate surface area is 136 Å². The monoisotopic (exact) mass is 332 g/mol. The summed E-state index contributed by atoms with van der Waals surface area (Å²) in [5.74, 6) is -0.298. The van der Waals surface area contributed by atoms with Gasteiger partial charge in [0.2, 0.25) is 5.91 Å². The molecule has 2 rings (SSSR count). The molecule has 0 saturated heterocycles. The number of likely N-dealkylation sites (N-methyl/N-ethyl adjacent to an activating group) is 1. The van der Waals surface area contributed by atoms with Crippen LogP contribution in [0.3, 0.4) is 0 Å². The molecule has 0 aliphatic rings. The summed E-state index contributed by atoms with van der Waals surface area (Å²) >= 11 is 0. The van der Waals surface area contributed by atoms with Crippen LogP contribution in [0.1, 0.15) is 12.5 Å². The third-order valence-electron chi connectivity index (χ3n) is 3.62. The SMILES string of the molecule is CC(CS(C)(=O)=O)N(C)C(=O)/C=C/c1cccc2cccnc12. The summed E-state index contributed by atoms with van der Waals surface area (Å²) in [6.07, 6.45) is 6.03. The zero-order valence-corrected chi connectivity index (χ0v) is 14.2. The summed E-state index contributed by atoms with van der Waals surface area (Å²) in [6.45, 7) is 1.71. The second-order valence-corrected chi connectivity index (χ2v) is 7.83. The lowest BCUT2D eigenvalue weighted by atomic mass is 10.1. The number of pyridine rings is 1. The van der Waals surface area contributed by atoms with E-state index in [1.165, 1.54) is 17.2 Å². The van der Waals surface area contributed by atoms with Crippen molar-refractivity contribution in [3.63, 3.8) is 0 Å². The van der Waals surface area contributed by atoms with E-state index in [1.807, 2.05) is 30.3 Å². The fourth-order valence-corrected chi connectivity index (χ4v) is 3.41. The molecule has 0 N–H and O–H groups in total. The highest BCUT2D eigenvalue weighted by atomic mass is 32.2. The number of rotatable bonds is 5. The minimum Gasteiger partial charge on any atom is -0.338 e. The van der Waals surface area contributed by atoms with Crippen LogP contribution in [-0.4, -0.2) is 49.3 Å². The number of sulfone groups is 1. The minimum atomic E-state index is -3.13. The fourth-order valence-electron chi connectivity index (χ4n) is 2.31. The van der Waals surface area contributed by atoms with Gasteiger partial charge < -0.3 is 4.90 Å². The van der Waals surface area contributed by atoms with Gasteiger partial charge in [0, 0.05) is 42.6 Å². The number of carbonyl (C=O) groups excluding carboxylic acids is 1. The Bertz CT molecular complexity index is 839. The maximum Gasteiger partial charge on any atom is 0.246 e. The standard InChI is InChI=1S/C17H20N2O3S/c1-13(12-23(3,21)22)19(2)16(20)10-9-15-7-4-6-14-8-5-11-18-17(14)15/h4-11,13H,12H2,1-3H3/b10-9+. The first kappa shape index (κ1) is 17.1. The first-order valence-corrected chi connectivity index (χ1v) is 9.30. The smallest absolute Gasteiger partial charge is 0.246 e. The molecule has 1 heterocycles. The van der Waals surface area contributed by atoms with E-state index in [4.69, 9.17) is 0 Å². The molecule has 1 amide bonds. The molecule has 1 atom stereocenters. The number of amides is 1. The zero-order chi connectivity index (χ0) is 17.0. The predicted molar refractivity (Wildman–Crippen MR) is 92.7 cm³/mol. The molecule has 1 aromatic heterocycles. The second kappa shape index (κ2) is 6.91. The maximum atomic E-state index is 12.2. The van der Waals surface area contributed by atoms with Gasteiger partial charge in [-0.25, -0.2) is 8.42 Å². The van der Waals surface area contributed by atoms with Gasteiger partial charge in [0.1, 0.15) is 9.84 Å².